The third-order valence-corrected chi connectivity index (χ3v) is 3.12. The van der Waals surface area contributed by atoms with Crippen molar-refractivity contribution in [3.05, 3.63) is 27.0 Å². The first kappa shape index (κ1) is 9.76. The average Bonchev–Trinajstić information content (AvgIpc) is 2.48. The van der Waals surface area contributed by atoms with Crippen molar-refractivity contribution in [1.82, 2.24) is 4.98 Å². The van der Waals surface area contributed by atoms with Crippen LogP contribution in [-0.4, -0.2) is 4.98 Å². The van der Waals surface area contributed by atoms with E-state index in [9.17, 15) is 0 Å². The van der Waals surface area contributed by atoms with Gasteiger partial charge in [0.2, 0.25) is 0 Å². The summed E-state index contributed by atoms with van der Waals surface area (Å²) in [7, 11) is 0. The van der Waals surface area contributed by atoms with Gasteiger partial charge in [-0.05, 0) is 29.9 Å². The molecule has 72 valence electrons. The fraction of sp³-hybridized carbons (Fsp3) is 0.400. The Morgan fingerprint density at radius 1 is 1.29 bits per heavy atom. The van der Waals surface area contributed by atoms with Crippen molar-refractivity contribution in [1.29, 1.82) is 5.26 Å². The summed E-state index contributed by atoms with van der Waals surface area (Å²) in [4.78, 5) is 3.96. The van der Waals surface area contributed by atoms with Crippen LogP contribution >= 0.6 is 23.2 Å². The fourth-order valence-corrected chi connectivity index (χ4v) is 2.48. The van der Waals surface area contributed by atoms with E-state index in [1.165, 1.54) is 0 Å². The first-order chi connectivity index (χ1) is 6.63. The number of fused-ring (bicyclic) bond motifs is 1. The molecule has 14 heavy (non-hydrogen) atoms. The lowest BCUT2D eigenvalue weighted by Gasteiger charge is -2.04. The molecule has 0 N–H and O–H groups in total. The number of hydrogen-bond acceptors (Lipinski definition) is 2. The van der Waals surface area contributed by atoms with Crippen LogP contribution in [0.5, 0.6) is 0 Å². The molecule has 0 saturated heterocycles. The van der Waals surface area contributed by atoms with Crippen LogP contribution in [0.25, 0.3) is 0 Å². The highest BCUT2D eigenvalue weighted by molar-refractivity contribution is 6.33. The van der Waals surface area contributed by atoms with Crippen LogP contribution in [0.4, 0.5) is 0 Å². The van der Waals surface area contributed by atoms with Crippen LogP contribution in [0.15, 0.2) is 0 Å². The largest absolute Gasteiger partial charge is 0.223 e. The van der Waals surface area contributed by atoms with Crippen molar-refractivity contribution in [2.45, 2.75) is 19.8 Å². The SMILES string of the molecule is CC1Cc2c(Cl)nc(Cl)c(C#N)c2C1. The molecule has 0 saturated carbocycles. The van der Waals surface area contributed by atoms with Gasteiger partial charge in [-0.25, -0.2) is 4.98 Å². The van der Waals surface area contributed by atoms with Gasteiger partial charge in [-0.1, -0.05) is 30.1 Å². The summed E-state index contributed by atoms with van der Waals surface area (Å²) in [5.41, 5.74) is 2.49. The highest BCUT2D eigenvalue weighted by Gasteiger charge is 2.26. The highest BCUT2D eigenvalue weighted by Crippen LogP contribution is 2.35. The molecule has 0 bridgehead atoms. The van der Waals surface area contributed by atoms with E-state index in [0.29, 0.717) is 16.6 Å². The lowest BCUT2D eigenvalue weighted by molar-refractivity contribution is 0.627. The number of halogens is 2. The second-order valence-corrected chi connectivity index (χ2v) is 4.37. The Balaban J connectivity index is 2.68. The smallest absolute Gasteiger partial charge is 0.148 e. The highest BCUT2D eigenvalue weighted by atomic mass is 35.5. The summed E-state index contributed by atoms with van der Waals surface area (Å²) in [6, 6.07) is 2.09. The van der Waals surface area contributed by atoms with Crippen LogP contribution in [0.3, 0.4) is 0 Å². The van der Waals surface area contributed by atoms with E-state index in [-0.39, 0.29) is 5.15 Å². The van der Waals surface area contributed by atoms with Crippen LogP contribution in [0.1, 0.15) is 23.6 Å². The number of nitriles is 1. The molecule has 1 atom stereocenters. The van der Waals surface area contributed by atoms with Crippen molar-refractivity contribution in [2.75, 3.05) is 0 Å². The molecule has 1 aliphatic carbocycles. The molecule has 0 amide bonds. The zero-order valence-electron chi connectivity index (χ0n) is 7.64. The van der Waals surface area contributed by atoms with Crippen molar-refractivity contribution in [3.63, 3.8) is 0 Å². The minimum absolute atomic E-state index is 0.227. The van der Waals surface area contributed by atoms with Crippen LogP contribution in [-0.2, 0) is 12.8 Å². The molecule has 2 nitrogen and oxygen atoms in total. The van der Waals surface area contributed by atoms with Gasteiger partial charge in [0.05, 0.1) is 5.56 Å². The molecule has 1 heterocycles. The van der Waals surface area contributed by atoms with Gasteiger partial charge in [-0.3, -0.25) is 0 Å². The normalized spacial score (nSPS) is 19.1. The molecule has 1 unspecified atom stereocenters. The molecule has 1 aromatic heterocycles. The first-order valence-corrected chi connectivity index (χ1v) is 5.16. The Hall–Kier alpha value is -0.780. The van der Waals surface area contributed by atoms with E-state index < -0.39 is 0 Å². The van der Waals surface area contributed by atoms with Crippen LogP contribution in [0, 0.1) is 17.2 Å². The third-order valence-electron chi connectivity index (χ3n) is 2.53. The monoisotopic (exact) mass is 226 g/mol. The maximum atomic E-state index is 8.94. The van der Waals surface area contributed by atoms with E-state index in [4.69, 9.17) is 28.5 Å². The number of nitrogens with zero attached hydrogens (tertiary/aromatic N) is 2. The molecule has 2 rings (SSSR count). The number of aromatic nitrogens is 1. The van der Waals surface area contributed by atoms with E-state index in [0.717, 1.165) is 24.0 Å². The second-order valence-electron chi connectivity index (χ2n) is 3.65. The van der Waals surface area contributed by atoms with Gasteiger partial charge in [-0.15, -0.1) is 0 Å². The van der Waals surface area contributed by atoms with Gasteiger partial charge >= 0.3 is 0 Å². The Kier molecular flexibility index (Phi) is 2.38. The van der Waals surface area contributed by atoms with E-state index in [1.807, 2.05) is 0 Å². The van der Waals surface area contributed by atoms with Crippen molar-refractivity contribution in [2.24, 2.45) is 5.92 Å². The zero-order valence-corrected chi connectivity index (χ0v) is 9.15. The number of pyridine rings is 1. The maximum Gasteiger partial charge on any atom is 0.148 e. The van der Waals surface area contributed by atoms with Crippen molar-refractivity contribution < 1.29 is 0 Å². The van der Waals surface area contributed by atoms with Gasteiger partial charge in [-0.2, -0.15) is 5.26 Å². The Labute approximate surface area is 92.5 Å². The quantitative estimate of drug-likeness (QED) is 0.639. The number of hydrogen-bond donors (Lipinski definition) is 0. The van der Waals surface area contributed by atoms with Crippen molar-refractivity contribution >= 4 is 23.2 Å². The number of rotatable bonds is 0. The molecule has 0 aromatic carbocycles. The third kappa shape index (κ3) is 1.37. The minimum Gasteiger partial charge on any atom is -0.223 e. The molecule has 1 aromatic rings. The summed E-state index contributed by atoms with van der Waals surface area (Å²) >= 11 is 11.8. The van der Waals surface area contributed by atoms with Crippen molar-refractivity contribution in [3.8, 4) is 6.07 Å². The van der Waals surface area contributed by atoms with E-state index >= 15 is 0 Å². The second kappa shape index (κ2) is 3.42. The van der Waals surface area contributed by atoms with Crippen LogP contribution < -0.4 is 0 Å². The standard InChI is InChI=1S/C10H8Cl2N2/c1-5-2-6-7(3-5)9(11)14-10(12)8(6)4-13/h5H,2-3H2,1H3. The molecule has 4 heteroatoms. The maximum absolute atomic E-state index is 8.94. The molecule has 0 radical (unpaired) electrons. The minimum atomic E-state index is 0.227. The topological polar surface area (TPSA) is 36.7 Å². The Morgan fingerprint density at radius 2 is 1.93 bits per heavy atom. The first-order valence-electron chi connectivity index (χ1n) is 4.40. The Bertz CT molecular complexity index is 435. The van der Waals surface area contributed by atoms with Gasteiger partial charge in [0.15, 0.2) is 0 Å². The van der Waals surface area contributed by atoms with Gasteiger partial charge in [0.1, 0.15) is 16.4 Å². The van der Waals surface area contributed by atoms with E-state index in [1.54, 1.807) is 0 Å². The summed E-state index contributed by atoms with van der Waals surface area (Å²) < 4.78 is 0. The molecular formula is C10H8Cl2N2. The van der Waals surface area contributed by atoms with Gasteiger partial charge in [0, 0.05) is 0 Å². The van der Waals surface area contributed by atoms with Crippen LogP contribution in [0.2, 0.25) is 10.3 Å². The lowest BCUT2D eigenvalue weighted by atomic mass is 10.1. The molecule has 1 aliphatic rings. The summed E-state index contributed by atoms with van der Waals surface area (Å²) in [6.07, 6.45) is 1.77. The summed E-state index contributed by atoms with van der Waals surface area (Å²) in [6.45, 7) is 2.13. The molecule has 0 aliphatic heterocycles. The zero-order chi connectivity index (χ0) is 10.3. The summed E-state index contributed by atoms with van der Waals surface area (Å²) in [5, 5.41) is 9.62. The predicted molar refractivity (Wildman–Crippen MR) is 55.5 cm³/mol. The lowest BCUT2D eigenvalue weighted by Crippen LogP contribution is -1.94. The summed E-state index contributed by atoms with van der Waals surface area (Å²) in [5.74, 6) is 0.523. The molecule has 0 spiro atoms. The Morgan fingerprint density at radius 3 is 2.57 bits per heavy atom. The van der Waals surface area contributed by atoms with E-state index in [2.05, 4.69) is 18.0 Å². The molecular weight excluding hydrogens is 219 g/mol. The predicted octanol–water partition coefficient (Wildman–Crippen LogP) is 2.99. The fourth-order valence-electron chi connectivity index (χ4n) is 1.92. The molecule has 0 fully saturated rings. The average molecular weight is 227 g/mol. The van der Waals surface area contributed by atoms with Gasteiger partial charge < -0.3 is 0 Å². The van der Waals surface area contributed by atoms with Gasteiger partial charge in [0.25, 0.3) is 0 Å².